The Hall–Kier alpha value is -0.0800. The number of halogens is 1. The zero-order valence-corrected chi connectivity index (χ0v) is 14.7. The lowest BCUT2D eigenvalue weighted by Crippen LogP contribution is -2.42. The molecule has 0 radical (unpaired) electrons. The maximum absolute atomic E-state index is 5.71. The second-order valence-electron chi connectivity index (χ2n) is 5.22. The van der Waals surface area contributed by atoms with E-state index in [0.29, 0.717) is 12.2 Å². The van der Waals surface area contributed by atoms with E-state index in [9.17, 15) is 0 Å². The Morgan fingerprint density at radius 2 is 1.80 bits per heavy atom. The van der Waals surface area contributed by atoms with Gasteiger partial charge in [-0.2, -0.15) is 0 Å². The summed E-state index contributed by atoms with van der Waals surface area (Å²) in [4.78, 5) is 4.59. The lowest BCUT2D eigenvalue weighted by molar-refractivity contribution is 0.0194. The molecule has 2 atom stereocenters. The Balaban J connectivity index is 0.00000200. The third-order valence-electron chi connectivity index (χ3n) is 3.59. The van der Waals surface area contributed by atoms with E-state index in [1.54, 1.807) is 0 Å². The highest BCUT2D eigenvalue weighted by molar-refractivity contribution is 14.0. The van der Waals surface area contributed by atoms with Crippen LogP contribution in [0.1, 0.15) is 39.0 Å². The molecule has 2 aliphatic heterocycles. The number of rotatable bonds is 5. The lowest BCUT2D eigenvalue weighted by Gasteiger charge is -2.23. The predicted molar refractivity (Wildman–Crippen MR) is 92.0 cm³/mol. The highest BCUT2D eigenvalue weighted by atomic mass is 127. The smallest absolute Gasteiger partial charge is 0.191 e. The van der Waals surface area contributed by atoms with Crippen LogP contribution in [0.25, 0.3) is 0 Å². The molecule has 118 valence electrons. The minimum absolute atomic E-state index is 0. The summed E-state index contributed by atoms with van der Waals surface area (Å²) in [6.07, 6.45) is 6.56. The summed E-state index contributed by atoms with van der Waals surface area (Å²) in [6, 6.07) is 0. The van der Waals surface area contributed by atoms with Crippen LogP contribution in [0.2, 0.25) is 0 Å². The summed E-state index contributed by atoms with van der Waals surface area (Å²) in [5.74, 6) is 0.882. The fraction of sp³-hybridized carbons (Fsp3) is 0.929. The van der Waals surface area contributed by atoms with Gasteiger partial charge in [0.25, 0.3) is 0 Å². The topological polar surface area (TPSA) is 54.9 Å². The van der Waals surface area contributed by atoms with Gasteiger partial charge in [0.1, 0.15) is 0 Å². The van der Waals surface area contributed by atoms with Crippen LogP contribution in [0, 0.1) is 0 Å². The maximum atomic E-state index is 5.71. The third-order valence-corrected chi connectivity index (χ3v) is 3.59. The van der Waals surface area contributed by atoms with Crippen LogP contribution >= 0.6 is 24.0 Å². The second kappa shape index (κ2) is 10.6. The monoisotopic (exact) mass is 397 g/mol. The average molecular weight is 397 g/mol. The first-order chi connectivity index (χ1) is 9.38. The zero-order valence-electron chi connectivity index (χ0n) is 12.4. The predicted octanol–water partition coefficient (Wildman–Crippen LogP) is 1.91. The van der Waals surface area contributed by atoms with Crippen molar-refractivity contribution in [3.05, 3.63) is 0 Å². The molecule has 6 heteroatoms. The summed E-state index contributed by atoms with van der Waals surface area (Å²) in [5, 5.41) is 6.65. The van der Waals surface area contributed by atoms with Crippen molar-refractivity contribution >= 4 is 29.9 Å². The Kier molecular flexibility index (Phi) is 9.54. The van der Waals surface area contributed by atoms with E-state index in [2.05, 4.69) is 22.5 Å². The van der Waals surface area contributed by atoms with Crippen LogP contribution in [-0.2, 0) is 9.47 Å². The second-order valence-corrected chi connectivity index (χ2v) is 5.22. The molecule has 0 aromatic heterocycles. The Labute approximate surface area is 139 Å². The Bertz CT molecular complexity index is 278. The quantitative estimate of drug-likeness (QED) is 0.423. The van der Waals surface area contributed by atoms with Gasteiger partial charge in [0.2, 0.25) is 0 Å². The molecule has 0 bridgehead atoms. The molecule has 0 aliphatic carbocycles. The number of hydrogen-bond acceptors (Lipinski definition) is 3. The molecule has 2 saturated heterocycles. The first kappa shape index (κ1) is 18.0. The van der Waals surface area contributed by atoms with Crippen molar-refractivity contribution in [2.75, 3.05) is 32.8 Å². The first-order valence-corrected chi connectivity index (χ1v) is 7.64. The van der Waals surface area contributed by atoms with Crippen LogP contribution in [0.5, 0.6) is 0 Å². The minimum Gasteiger partial charge on any atom is -0.376 e. The van der Waals surface area contributed by atoms with Crippen LogP contribution in [0.3, 0.4) is 0 Å². The summed E-state index contributed by atoms with van der Waals surface area (Å²) >= 11 is 0. The lowest BCUT2D eigenvalue weighted by atomic mass is 10.1. The molecule has 20 heavy (non-hydrogen) atoms. The number of nitrogens with zero attached hydrogens (tertiary/aromatic N) is 1. The molecule has 0 aromatic carbocycles. The number of ether oxygens (including phenoxy) is 2. The van der Waals surface area contributed by atoms with E-state index in [0.717, 1.165) is 51.6 Å². The van der Waals surface area contributed by atoms with E-state index in [-0.39, 0.29) is 24.0 Å². The standard InChI is InChI=1S/C14H27N3O2.HI/c1-2-15-14(17-11-13-7-5-9-19-13)16-10-12-6-3-4-8-18-12;/h12-13H,2-11H2,1H3,(H2,15,16,17);1H. The van der Waals surface area contributed by atoms with E-state index in [1.807, 2.05) is 0 Å². The maximum Gasteiger partial charge on any atom is 0.191 e. The largest absolute Gasteiger partial charge is 0.376 e. The van der Waals surface area contributed by atoms with Gasteiger partial charge in [-0.05, 0) is 39.0 Å². The zero-order chi connectivity index (χ0) is 13.3. The molecule has 2 unspecified atom stereocenters. The molecular formula is C14H28IN3O2. The van der Waals surface area contributed by atoms with Crippen molar-refractivity contribution < 1.29 is 9.47 Å². The Morgan fingerprint density at radius 1 is 1.05 bits per heavy atom. The van der Waals surface area contributed by atoms with Gasteiger partial charge < -0.3 is 20.1 Å². The molecule has 2 fully saturated rings. The number of hydrogen-bond donors (Lipinski definition) is 2. The highest BCUT2D eigenvalue weighted by Gasteiger charge is 2.16. The van der Waals surface area contributed by atoms with Gasteiger partial charge in [-0.15, -0.1) is 24.0 Å². The molecule has 0 aromatic rings. The van der Waals surface area contributed by atoms with Crippen molar-refractivity contribution in [1.29, 1.82) is 0 Å². The van der Waals surface area contributed by atoms with Crippen LogP contribution in [-0.4, -0.2) is 51.0 Å². The minimum atomic E-state index is 0. The first-order valence-electron chi connectivity index (χ1n) is 7.64. The van der Waals surface area contributed by atoms with Gasteiger partial charge in [0.15, 0.2) is 5.96 Å². The summed E-state index contributed by atoms with van der Waals surface area (Å²) in [6.45, 7) is 6.34. The molecule has 0 saturated carbocycles. The highest BCUT2D eigenvalue weighted by Crippen LogP contribution is 2.12. The van der Waals surface area contributed by atoms with E-state index < -0.39 is 0 Å². The van der Waals surface area contributed by atoms with Gasteiger partial charge in [0, 0.05) is 26.3 Å². The van der Waals surface area contributed by atoms with Gasteiger partial charge >= 0.3 is 0 Å². The molecular weight excluding hydrogens is 369 g/mol. The van der Waals surface area contributed by atoms with Crippen LogP contribution in [0.4, 0.5) is 0 Å². The van der Waals surface area contributed by atoms with Crippen LogP contribution < -0.4 is 10.6 Å². The summed E-state index contributed by atoms with van der Waals surface area (Å²) < 4.78 is 11.3. The number of guanidine groups is 1. The van der Waals surface area contributed by atoms with Crippen LogP contribution in [0.15, 0.2) is 4.99 Å². The molecule has 2 heterocycles. The fourth-order valence-corrected chi connectivity index (χ4v) is 2.50. The van der Waals surface area contributed by atoms with E-state index >= 15 is 0 Å². The molecule has 0 spiro atoms. The van der Waals surface area contributed by atoms with Crippen molar-refractivity contribution in [2.24, 2.45) is 4.99 Å². The number of nitrogens with one attached hydrogen (secondary N) is 2. The van der Waals surface area contributed by atoms with Crippen molar-refractivity contribution in [1.82, 2.24) is 10.6 Å². The molecule has 5 nitrogen and oxygen atoms in total. The number of aliphatic imine (C=N–C) groups is 1. The third kappa shape index (κ3) is 6.58. The van der Waals surface area contributed by atoms with E-state index in [4.69, 9.17) is 9.47 Å². The Morgan fingerprint density at radius 3 is 2.45 bits per heavy atom. The summed E-state index contributed by atoms with van der Waals surface area (Å²) in [7, 11) is 0. The van der Waals surface area contributed by atoms with Crippen molar-refractivity contribution in [3.63, 3.8) is 0 Å². The van der Waals surface area contributed by atoms with Gasteiger partial charge in [-0.1, -0.05) is 0 Å². The van der Waals surface area contributed by atoms with Crippen molar-refractivity contribution in [2.45, 2.75) is 51.2 Å². The van der Waals surface area contributed by atoms with Crippen molar-refractivity contribution in [3.8, 4) is 0 Å². The molecule has 0 amide bonds. The normalized spacial score (nSPS) is 26.9. The molecule has 2 aliphatic rings. The van der Waals surface area contributed by atoms with Gasteiger partial charge in [-0.25, -0.2) is 0 Å². The van der Waals surface area contributed by atoms with Gasteiger partial charge in [0.05, 0.1) is 18.8 Å². The van der Waals surface area contributed by atoms with E-state index in [1.165, 1.54) is 19.3 Å². The molecule has 2 rings (SSSR count). The summed E-state index contributed by atoms with van der Waals surface area (Å²) in [5.41, 5.74) is 0. The fourth-order valence-electron chi connectivity index (χ4n) is 2.50. The average Bonchev–Trinajstić information content (AvgIpc) is 2.96. The SMILES string of the molecule is CCNC(=NCC1CCCO1)NCC1CCCCO1.I. The molecule has 2 N–H and O–H groups in total. The van der Waals surface area contributed by atoms with Gasteiger partial charge in [-0.3, -0.25) is 4.99 Å².